The first-order chi connectivity index (χ1) is 14.1. The Balaban J connectivity index is 1.58. The van der Waals surface area contributed by atoms with E-state index in [4.69, 9.17) is 9.47 Å². The van der Waals surface area contributed by atoms with Crippen molar-refractivity contribution in [2.75, 3.05) is 39.4 Å². The first-order valence-electron chi connectivity index (χ1n) is 10.1. The molecule has 156 valence electrons. The van der Waals surface area contributed by atoms with Gasteiger partial charge in [0.05, 0.1) is 19.6 Å². The van der Waals surface area contributed by atoms with Crippen molar-refractivity contribution in [1.29, 1.82) is 0 Å². The lowest BCUT2D eigenvalue weighted by Crippen LogP contribution is -2.48. The van der Waals surface area contributed by atoms with E-state index in [1.54, 1.807) is 0 Å². The molecule has 0 atom stereocenters. The fraction of sp³-hybridized carbons (Fsp3) is 0.455. The first-order valence-corrected chi connectivity index (χ1v) is 10.9. The van der Waals surface area contributed by atoms with Gasteiger partial charge in [-0.15, -0.1) is 0 Å². The van der Waals surface area contributed by atoms with Crippen molar-refractivity contribution in [1.82, 2.24) is 14.8 Å². The van der Waals surface area contributed by atoms with Gasteiger partial charge in [-0.2, -0.15) is 0 Å². The maximum absolute atomic E-state index is 12.9. The van der Waals surface area contributed by atoms with Gasteiger partial charge < -0.3 is 14.4 Å². The van der Waals surface area contributed by atoms with E-state index in [1.807, 2.05) is 55.4 Å². The van der Waals surface area contributed by atoms with Gasteiger partial charge in [0, 0.05) is 49.6 Å². The number of aromatic nitrogens is 1. The lowest BCUT2D eigenvalue weighted by atomic mass is 10.1. The number of halogens is 1. The van der Waals surface area contributed by atoms with Gasteiger partial charge in [-0.3, -0.25) is 14.7 Å². The van der Waals surface area contributed by atoms with Crippen LogP contribution in [0.4, 0.5) is 0 Å². The van der Waals surface area contributed by atoms with Crippen molar-refractivity contribution >= 4 is 21.8 Å². The SMILES string of the molecule is CCOc1cc(Br)c(CC(=O)N2CCN(Cc3ccncc3)CC2)cc1OCC. The summed E-state index contributed by atoms with van der Waals surface area (Å²) in [4.78, 5) is 21.3. The number of hydrogen-bond donors (Lipinski definition) is 0. The van der Waals surface area contributed by atoms with E-state index in [1.165, 1.54) is 5.56 Å². The third-order valence-electron chi connectivity index (χ3n) is 4.93. The summed E-state index contributed by atoms with van der Waals surface area (Å²) in [6.45, 7) is 9.14. The van der Waals surface area contributed by atoms with Gasteiger partial charge in [0.1, 0.15) is 0 Å². The largest absolute Gasteiger partial charge is 0.490 e. The quantitative estimate of drug-likeness (QED) is 0.601. The summed E-state index contributed by atoms with van der Waals surface area (Å²) in [5.74, 6) is 1.52. The average Bonchev–Trinajstić information content (AvgIpc) is 2.73. The van der Waals surface area contributed by atoms with Gasteiger partial charge in [-0.05, 0) is 49.2 Å². The Morgan fingerprint density at radius 2 is 1.66 bits per heavy atom. The Kier molecular flexibility index (Phi) is 7.89. The molecule has 2 aromatic rings. The summed E-state index contributed by atoms with van der Waals surface area (Å²) in [7, 11) is 0. The van der Waals surface area contributed by atoms with Crippen LogP contribution < -0.4 is 9.47 Å². The Morgan fingerprint density at radius 3 is 2.28 bits per heavy atom. The lowest BCUT2D eigenvalue weighted by Gasteiger charge is -2.35. The fourth-order valence-electron chi connectivity index (χ4n) is 3.43. The molecule has 1 fully saturated rings. The Labute approximate surface area is 180 Å². The molecule has 3 rings (SSSR count). The summed E-state index contributed by atoms with van der Waals surface area (Å²) < 4.78 is 12.2. The molecule has 1 saturated heterocycles. The van der Waals surface area contributed by atoms with Crippen LogP contribution in [0, 0.1) is 0 Å². The van der Waals surface area contributed by atoms with Crippen molar-refractivity contribution in [3.05, 3.63) is 52.3 Å². The highest BCUT2D eigenvalue weighted by Gasteiger charge is 2.22. The van der Waals surface area contributed by atoms with Crippen molar-refractivity contribution < 1.29 is 14.3 Å². The minimum absolute atomic E-state index is 0.140. The van der Waals surface area contributed by atoms with Crippen LogP contribution in [-0.4, -0.2) is 60.1 Å². The molecular weight excluding hydrogens is 434 g/mol. The van der Waals surface area contributed by atoms with Crippen LogP contribution in [0.1, 0.15) is 25.0 Å². The van der Waals surface area contributed by atoms with Crippen molar-refractivity contribution in [3.8, 4) is 11.5 Å². The van der Waals surface area contributed by atoms with Crippen LogP contribution in [0.2, 0.25) is 0 Å². The third-order valence-corrected chi connectivity index (χ3v) is 5.67. The molecule has 1 amide bonds. The standard InChI is InChI=1S/C22H28BrN3O3/c1-3-28-20-13-18(19(23)15-21(20)29-4-2)14-22(27)26-11-9-25(10-12-26)16-17-5-7-24-8-6-17/h5-8,13,15H,3-4,9-12,14,16H2,1-2H3. The molecule has 0 bridgehead atoms. The maximum Gasteiger partial charge on any atom is 0.227 e. The maximum atomic E-state index is 12.9. The van der Waals surface area contributed by atoms with Crippen LogP contribution in [0.25, 0.3) is 0 Å². The molecule has 0 unspecified atom stereocenters. The van der Waals surface area contributed by atoms with Crippen molar-refractivity contribution in [3.63, 3.8) is 0 Å². The molecule has 1 aliphatic heterocycles. The zero-order valence-corrected chi connectivity index (χ0v) is 18.7. The zero-order valence-electron chi connectivity index (χ0n) is 17.1. The van der Waals surface area contributed by atoms with Crippen molar-refractivity contribution in [2.45, 2.75) is 26.8 Å². The second-order valence-electron chi connectivity index (χ2n) is 6.95. The molecule has 1 aromatic carbocycles. The van der Waals surface area contributed by atoms with Crippen LogP contribution in [-0.2, 0) is 17.8 Å². The van der Waals surface area contributed by atoms with E-state index in [0.717, 1.165) is 42.8 Å². The number of rotatable bonds is 8. The van der Waals surface area contributed by atoms with Crippen LogP contribution >= 0.6 is 15.9 Å². The number of nitrogens with zero attached hydrogens (tertiary/aromatic N) is 3. The van der Waals surface area contributed by atoms with Crippen LogP contribution in [0.15, 0.2) is 41.1 Å². The zero-order chi connectivity index (χ0) is 20.6. The lowest BCUT2D eigenvalue weighted by molar-refractivity contribution is -0.132. The second-order valence-corrected chi connectivity index (χ2v) is 7.80. The predicted octanol–water partition coefficient (Wildman–Crippen LogP) is 3.53. The van der Waals surface area contributed by atoms with Crippen LogP contribution in [0.5, 0.6) is 11.5 Å². The van der Waals surface area contributed by atoms with Gasteiger partial charge in [0.15, 0.2) is 11.5 Å². The second kappa shape index (κ2) is 10.6. The van der Waals surface area contributed by atoms with E-state index in [9.17, 15) is 4.79 Å². The number of carbonyl (C=O) groups excluding carboxylic acids is 1. The van der Waals surface area contributed by atoms with Crippen molar-refractivity contribution in [2.24, 2.45) is 0 Å². The number of hydrogen-bond acceptors (Lipinski definition) is 5. The molecule has 29 heavy (non-hydrogen) atoms. The van der Waals surface area contributed by atoms with Gasteiger partial charge in [0.25, 0.3) is 0 Å². The number of piperazine rings is 1. The number of benzene rings is 1. The fourth-order valence-corrected chi connectivity index (χ4v) is 3.89. The molecule has 0 N–H and O–H groups in total. The molecule has 1 aromatic heterocycles. The molecule has 0 aliphatic carbocycles. The summed E-state index contributed by atoms with van der Waals surface area (Å²) in [5.41, 5.74) is 2.17. The van der Waals surface area contributed by atoms with E-state index in [-0.39, 0.29) is 5.91 Å². The summed E-state index contributed by atoms with van der Waals surface area (Å²) in [5, 5.41) is 0. The molecule has 0 spiro atoms. The Morgan fingerprint density at radius 1 is 1.03 bits per heavy atom. The summed E-state index contributed by atoms with van der Waals surface area (Å²) in [6.07, 6.45) is 3.98. The monoisotopic (exact) mass is 461 g/mol. The number of amides is 1. The molecule has 7 heteroatoms. The highest BCUT2D eigenvalue weighted by Crippen LogP contribution is 2.34. The predicted molar refractivity (Wildman–Crippen MR) is 116 cm³/mol. The van der Waals surface area contributed by atoms with Crippen LogP contribution in [0.3, 0.4) is 0 Å². The number of ether oxygens (including phenoxy) is 2. The normalized spacial score (nSPS) is 14.7. The molecule has 6 nitrogen and oxygen atoms in total. The topological polar surface area (TPSA) is 54.9 Å². The van der Waals surface area contributed by atoms with Gasteiger partial charge in [-0.1, -0.05) is 15.9 Å². The van der Waals surface area contributed by atoms with E-state index in [0.29, 0.717) is 31.1 Å². The molecule has 0 radical (unpaired) electrons. The minimum atomic E-state index is 0.140. The average molecular weight is 462 g/mol. The molecular formula is C22H28BrN3O3. The molecule has 1 aliphatic rings. The first kappa shape index (κ1) is 21.6. The van der Waals surface area contributed by atoms with E-state index < -0.39 is 0 Å². The van der Waals surface area contributed by atoms with Gasteiger partial charge >= 0.3 is 0 Å². The molecule has 0 saturated carbocycles. The van der Waals surface area contributed by atoms with E-state index in [2.05, 4.69) is 25.8 Å². The Bertz CT molecular complexity index is 808. The summed E-state index contributed by atoms with van der Waals surface area (Å²) >= 11 is 3.58. The Hall–Kier alpha value is -2.12. The smallest absolute Gasteiger partial charge is 0.227 e. The highest BCUT2D eigenvalue weighted by atomic mass is 79.9. The third kappa shape index (κ3) is 5.93. The van der Waals surface area contributed by atoms with E-state index >= 15 is 0 Å². The van der Waals surface area contributed by atoms with Gasteiger partial charge in [-0.25, -0.2) is 0 Å². The molecule has 2 heterocycles. The minimum Gasteiger partial charge on any atom is -0.490 e. The number of carbonyl (C=O) groups is 1. The highest BCUT2D eigenvalue weighted by molar-refractivity contribution is 9.10. The summed E-state index contributed by atoms with van der Waals surface area (Å²) in [6, 6.07) is 7.88. The number of pyridine rings is 1. The van der Waals surface area contributed by atoms with Gasteiger partial charge in [0.2, 0.25) is 5.91 Å².